The molecule has 3 aromatic rings. The Kier molecular flexibility index (Phi) is 4.12. The molecule has 1 amide bonds. The number of tetrazole rings is 1. The van der Waals surface area contributed by atoms with Crippen LogP contribution < -0.4 is 10.1 Å². The van der Waals surface area contributed by atoms with E-state index in [1.165, 1.54) is 16.6 Å². The Labute approximate surface area is 144 Å². The van der Waals surface area contributed by atoms with Crippen LogP contribution in [0.3, 0.4) is 0 Å². The number of ether oxygens (including phenoxy) is 1. The van der Waals surface area contributed by atoms with Crippen LogP contribution in [-0.4, -0.2) is 39.3 Å². The van der Waals surface area contributed by atoms with E-state index in [0.29, 0.717) is 24.4 Å². The number of hydrogen-bond donors (Lipinski definition) is 1. The van der Waals surface area contributed by atoms with E-state index < -0.39 is 0 Å². The number of nitrogens with one attached hydrogen (secondary N) is 1. The van der Waals surface area contributed by atoms with Crippen LogP contribution in [0.25, 0.3) is 5.69 Å². The van der Waals surface area contributed by atoms with Crippen LogP contribution in [0, 0.1) is 5.92 Å². The van der Waals surface area contributed by atoms with E-state index in [4.69, 9.17) is 4.74 Å². The second kappa shape index (κ2) is 6.72. The first-order valence-electron chi connectivity index (χ1n) is 8.12. The molecule has 2 aromatic carbocycles. The SMILES string of the molecule is O=C(NCC1COc2ccccc2C1)c1ccccc1-n1cnnn1. The summed E-state index contributed by atoms with van der Waals surface area (Å²) in [5.74, 6) is 1.04. The summed E-state index contributed by atoms with van der Waals surface area (Å²) in [4.78, 5) is 12.6. The highest BCUT2D eigenvalue weighted by Gasteiger charge is 2.21. The van der Waals surface area contributed by atoms with Gasteiger partial charge in [0, 0.05) is 12.5 Å². The van der Waals surface area contributed by atoms with Crippen LogP contribution >= 0.6 is 0 Å². The summed E-state index contributed by atoms with van der Waals surface area (Å²) in [6.07, 6.45) is 2.36. The summed E-state index contributed by atoms with van der Waals surface area (Å²) >= 11 is 0. The molecule has 25 heavy (non-hydrogen) atoms. The Morgan fingerprint density at radius 2 is 2.04 bits per heavy atom. The fraction of sp³-hybridized carbons (Fsp3) is 0.222. The number of para-hydroxylation sites is 2. The third-order valence-electron chi connectivity index (χ3n) is 4.25. The molecular formula is C18H17N5O2. The highest BCUT2D eigenvalue weighted by molar-refractivity contribution is 5.97. The summed E-state index contributed by atoms with van der Waals surface area (Å²) in [5, 5.41) is 14.1. The Bertz CT molecular complexity index is 879. The lowest BCUT2D eigenvalue weighted by molar-refractivity contribution is 0.0939. The smallest absolute Gasteiger partial charge is 0.253 e. The Balaban J connectivity index is 1.44. The van der Waals surface area contributed by atoms with Gasteiger partial charge in [0.2, 0.25) is 0 Å². The van der Waals surface area contributed by atoms with Crippen molar-refractivity contribution in [2.75, 3.05) is 13.2 Å². The lowest BCUT2D eigenvalue weighted by Crippen LogP contribution is -2.35. The first-order chi connectivity index (χ1) is 12.3. The summed E-state index contributed by atoms with van der Waals surface area (Å²) in [7, 11) is 0. The van der Waals surface area contributed by atoms with E-state index in [1.54, 1.807) is 6.07 Å². The molecular weight excluding hydrogens is 318 g/mol. The number of fused-ring (bicyclic) bond motifs is 1. The van der Waals surface area contributed by atoms with Crippen molar-refractivity contribution >= 4 is 5.91 Å². The zero-order valence-electron chi connectivity index (χ0n) is 13.5. The van der Waals surface area contributed by atoms with Crippen LogP contribution in [0.5, 0.6) is 5.75 Å². The maximum absolute atomic E-state index is 12.6. The second-order valence-electron chi connectivity index (χ2n) is 5.97. The van der Waals surface area contributed by atoms with Crippen LogP contribution in [0.1, 0.15) is 15.9 Å². The van der Waals surface area contributed by atoms with Gasteiger partial charge in [-0.25, -0.2) is 0 Å². The number of carbonyl (C=O) groups is 1. The highest BCUT2D eigenvalue weighted by Crippen LogP contribution is 2.26. The molecule has 1 aromatic heterocycles. The van der Waals surface area contributed by atoms with Gasteiger partial charge in [0.05, 0.1) is 17.9 Å². The van der Waals surface area contributed by atoms with E-state index in [9.17, 15) is 4.79 Å². The van der Waals surface area contributed by atoms with Crippen molar-refractivity contribution in [1.29, 1.82) is 0 Å². The monoisotopic (exact) mass is 335 g/mol. The Morgan fingerprint density at radius 1 is 1.20 bits per heavy atom. The predicted octanol–water partition coefficient (Wildman–Crippen LogP) is 1.64. The number of amides is 1. The van der Waals surface area contributed by atoms with Crippen LogP contribution in [0.4, 0.5) is 0 Å². The summed E-state index contributed by atoms with van der Waals surface area (Å²) in [6.45, 7) is 1.16. The minimum Gasteiger partial charge on any atom is -0.493 e. The molecule has 126 valence electrons. The fourth-order valence-electron chi connectivity index (χ4n) is 2.99. The number of rotatable bonds is 4. The molecule has 7 heteroatoms. The summed E-state index contributed by atoms with van der Waals surface area (Å²) in [5.41, 5.74) is 2.37. The molecule has 0 spiro atoms. The summed E-state index contributed by atoms with van der Waals surface area (Å²) < 4.78 is 7.26. The van der Waals surface area contributed by atoms with E-state index in [1.807, 2.05) is 36.4 Å². The minimum absolute atomic E-state index is 0.148. The predicted molar refractivity (Wildman–Crippen MR) is 90.6 cm³/mol. The van der Waals surface area contributed by atoms with E-state index in [2.05, 4.69) is 26.9 Å². The van der Waals surface area contributed by atoms with Gasteiger partial charge in [-0.1, -0.05) is 30.3 Å². The minimum atomic E-state index is -0.148. The van der Waals surface area contributed by atoms with Gasteiger partial charge in [0.15, 0.2) is 0 Å². The molecule has 0 saturated heterocycles. The molecule has 1 atom stereocenters. The number of aromatic nitrogens is 4. The molecule has 4 rings (SSSR count). The van der Waals surface area contributed by atoms with Crippen LogP contribution in [-0.2, 0) is 6.42 Å². The van der Waals surface area contributed by atoms with Crippen molar-refractivity contribution in [2.24, 2.45) is 5.92 Å². The molecule has 0 radical (unpaired) electrons. The van der Waals surface area contributed by atoms with Crippen molar-refractivity contribution in [2.45, 2.75) is 6.42 Å². The number of carbonyl (C=O) groups excluding carboxylic acids is 1. The average Bonchev–Trinajstić information content (AvgIpc) is 3.20. The fourth-order valence-corrected chi connectivity index (χ4v) is 2.99. The second-order valence-corrected chi connectivity index (χ2v) is 5.97. The van der Waals surface area contributed by atoms with Gasteiger partial charge in [0.1, 0.15) is 12.1 Å². The van der Waals surface area contributed by atoms with E-state index in [-0.39, 0.29) is 11.8 Å². The topological polar surface area (TPSA) is 81.9 Å². The number of hydrogen-bond acceptors (Lipinski definition) is 5. The number of nitrogens with zero attached hydrogens (tertiary/aromatic N) is 4. The average molecular weight is 335 g/mol. The number of benzene rings is 2. The zero-order valence-corrected chi connectivity index (χ0v) is 13.5. The van der Waals surface area contributed by atoms with Crippen molar-refractivity contribution in [3.63, 3.8) is 0 Å². The molecule has 1 unspecified atom stereocenters. The maximum atomic E-state index is 12.6. The molecule has 1 N–H and O–H groups in total. The van der Waals surface area contributed by atoms with Crippen molar-refractivity contribution in [1.82, 2.24) is 25.5 Å². The van der Waals surface area contributed by atoms with Gasteiger partial charge in [-0.05, 0) is 40.6 Å². The molecule has 0 fully saturated rings. The van der Waals surface area contributed by atoms with Gasteiger partial charge < -0.3 is 10.1 Å². The van der Waals surface area contributed by atoms with Crippen LogP contribution in [0.2, 0.25) is 0 Å². The quantitative estimate of drug-likeness (QED) is 0.784. The van der Waals surface area contributed by atoms with Gasteiger partial charge in [-0.3, -0.25) is 4.79 Å². The van der Waals surface area contributed by atoms with Crippen molar-refractivity contribution in [3.8, 4) is 11.4 Å². The highest BCUT2D eigenvalue weighted by atomic mass is 16.5. The third kappa shape index (κ3) is 3.21. The van der Waals surface area contributed by atoms with Gasteiger partial charge >= 0.3 is 0 Å². The molecule has 0 bridgehead atoms. The van der Waals surface area contributed by atoms with Gasteiger partial charge in [0.25, 0.3) is 5.91 Å². The van der Waals surface area contributed by atoms with Crippen molar-refractivity contribution in [3.05, 3.63) is 66.0 Å². The summed E-state index contributed by atoms with van der Waals surface area (Å²) in [6, 6.07) is 15.3. The first kappa shape index (κ1) is 15.3. The normalized spacial score (nSPS) is 15.9. The third-order valence-corrected chi connectivity index (χ3v) is 4.25. The van der Waals surface area contributed by atoms with Crippen LogP contribution in [0.15, 0.2) is 54.9 Å². The van der Waals surface area contributed by atoms with Gasteiger partial charge in [-0.15, -0.1) is 5.10 Å². The van der Waals surface area contributed by atoms with E-state index >= 15 is 0 Å². The first-order valence-corrected chi connectivity index (χ1v) is 8.12. The molecule has 0 aliphatic carbocycles. The molecule has 1 aliphatic rings. The van der Waals surface area contributed by atoms with Crippen molar-refractivity contribution < 1.29 is 9.53 Å². The standard InChI is InChI=1S/C18H17N5O2/c24-18(15-6-2-3-7-16(15)23-12-20-21-22-23)19-10-13-9-14-5-1-4-8-17(14)25-11-13/h1-8,12-13H,9-11H2,(H,19,24). The largest absolute Gasteiger partial charge is 0.493 e. The van der Waals surface area contributed by atoms with E-state index in [0.717, 1.165) is 12.2 Å². The molecule has 7 nitrogen and oxygen atoms in total. The zero-order chi connectivity index (χ0) is 17.1. The molecule has 0 saturated carbocycles. The maximum Gasteiger partial charge on any atom is 0.253 e. The molecule has 2 heterocycles. The van der Waals surface area contributed by atoms with Gasteiger partial charge in [-0.2, -0.15) is 4.68 Å². The lowest BCUT2D eigenvalue weighted by atomic mass is 9.96. The lowest BCUT2D eigenvalue weighted by Gasteiger charge is -2.25. The Morgan fingerprint density at radius 3 is 2.92 bits per heavy atom. The molecule has 1 aliphatic heterocycles. The Hall–Kier alpha value is -3.22.